The average molecular weight is 1300 g/mol. The van der Waals surface area contributed by atoms with Crippen LogP contribution in [0.3, 0.4) is 0 Å². The van der Waals surface area contributed by atoms with Crippen LogP contribution in [0.15, 0.2) is 284 Å². The number of aryl methyl sites for hydroxylation is 4. The molecule has 1 aromatic heterocycles. The number of nitrogens with one attached hydrogen (secondary N) is 2. The Morgan fingerprint density at radius 1 is 0.326 bits per heavy atom. The minimum Gasteiger partial charge on any atom is -0.378 e. The van der Waals surface area contributed by atoms with Crippen molar-refractivity contribution in [1.29, 1.82) is 0 Å². The predicted octanol–water partition coefficient (Wildman–Crippen LogP) is 11.5. The molecule has 0 saturated carbocycles. The summed E-state index contributed by atoms with van der Waals surface area (Å²) >= 11 is 0. The SMILES string of the molecule is Cc1ccc(S(=O)(=O)Oc2ccccc2/C2=C3\C=CC(=N3)/C(c3ccccc3OS(=O)(=O)c3ccc(C)cc3)=c3/cc/c([nH]3)=C(\c3ccccc3OS(=O)(=O)c3ccc(C)cc3)C3=N/C(=C(/c4ccccc4OS(=O)(=O)c4ccc(C)cc4)C4C=CC2N4)C=C3)cc1. The molecule has 4 aliphatic heterocycles. The summed E-state index contributed by atoms with van der Waals surface area (Å²) in [4.78, 5) is 14.1. The molecule has 92 heavy (non-hydrogen) atoms. The van der Waals surface area contributed by atoms with Gasteiger partial charge in [-0.15, -0.1) is 0 Å². The number of aliphatic imine (C=N–C) groups is 2. The lowest BCUT2D eigenvalue weighted by Crippen LogP contribution is -2.33. The average Bonchev–Trinajstić information content (AvgIpc) is 1.62. The van der Waals surface area contributed by atoms with Crippen LogP contribution in [0.5, 0.6) is 23.0 Å². The number of H-pyrrole nitrogens is 1. The number of aromatic nitrogens is 1. The van der Waals surface area contributed by atoms with Crippen molar-refractivity contribution >= 4 is 74.2 Å². The number of nitrogens with zero attached hydrogens (tertiary/aromatic N) is 2. The van der Waals surface area contributed by atoms with Gasteiger partial charge in [-0.1, -0.05) is 156 Å². The summed E-state index contributed by atoms with van der Waals surface area (Å²) in [6, 6.07) is 53.7. The zero-order valence-electron chi connectivity index (χ0n) is 49.7. The Bertz CT molecular complexity index is 5010. The van der Waals surface area contributed by atoms with Crippen molar-refractivity contribution in [2.45, 2.75) is 59.4 Å². The number of allylic oxidation sites excluding steroid dienone is 4. The lowest BCUT2D eigenvalue weighted by Gasteiger charge is -2.24. The molecule has 4 aliphatic rings. The fourth-order valence-electron chi connectivity index (χ4n) is 11.1. The summed E-state index contributed by atoms with van der Waals surface area (Å²) in [5.41, 5.74) is 7.54. The zero-order valence-corrected chi connectivity index (χ0v) is 52.9. The summed E-state index contributed by atoms with van der Waals surface area (Å²) in [7, 11) is -17.8. The van der Waals surface area contributed by atoms with E-state index in [4.69, 9.17) is 26.7 Å². The number of hydrogen-bond acceptors (Lipinski definition) is 15. The van der Waals surface area contributed by atoms with Crippen molar-refractivity contribution in [3.63, 3.8) is 0 Å². The van der Waals surface area contributed by atoms with E-state index in [9.17, 15) is 33.7 Å². The molecule has 0 amide bonds. The van der Waals surface area contributed by atoms with Crippen molar-refractivity contribution in [2.24, 2.45) is 9.98 Å². The number of hydrogen-bond donors (Lipinski definition) is 2. The van der Waals surface area contributed by atoms with Crippen LogP contribution in [0.25, 0.3) is 22.3 Å². The first-order chi connectivity index (χ1) is 44.2. The lowest BCUT2D eigenvalue weighted by molar-refractivity contribution is 0.483. The minimum absolute atomic E-state index is 0.0236. The molecule has 2 unspecified atom stereocenters. The van der Waals surface area contributed by atoms with Crippen LogP contribution in [-0.2, 0) is 40.5 Å². The molecule has 20 heteroatoms. The summed E-state index contributed by atoms with van der Waals surface area (Å²) in [6.45, 7) is 7.38. The van der Waals surface area contributed by atoms with Crippen LogP contribution in [0, 0.1) is 27.7 Å². The number of rotatable bonds is 16. The molecule has 5 heterocycles. The van der Waals surface area contributed by atoms with Crippen LogP contribution >= 0.6 is 0 Å². The van der Waals surface area contributed by atoms with E-state index in [0.29, 0.717) is 78.1 Å². The molecule has 13 rings (SSSR count). The van der Waals surface area contributed by atoms with Crippen molar-refractivity contribution in [2.75, 3.05) is 0 Å². The molecular formula is C72H56N4O12S4. The molecule has 0 saturated heterocycles. The maximum Gasteiger partial charge on any atom is 0.339 e. The third-order valence-electron chi connectivity index (χ3n) is 15.7. The highest BCUT2D eigenvalue weighted by atomic mass is 32.2. The van der Waals surface area contributed by atoms with E-state index < -0.39 is 52.6 Å². The molecular weight excluding hydrogens is 1240 g/mol. The Morgan fingerprint density at radius 3 is 0.902 bits per heavy atom. The molecule has 2 N–H and O–H groups in total. The third-order valence-corrected chi connectivity index (χ3v) is 20.7. The van der Waals surface area contributed by atoms with Gasteiger partial charge in [-0.25, -0.2) is 9.98 Å². The van der Waals surface area contributed by atoms with Crippen LogP contribution in [0.2, 0.25) is 0 Å². The fourth-order valence-corrected chi connectivity index (χ4v) is 14.9. The first kappa shape index (κ1) is 60.7. The topological polar surface area (TPSA) is 226 Å². The van der Waals surface area contributed by atoms with E-state index in [1.54, 1.807) is 170 Å². The Labute approximate surface area is 533 Å². The normalized spacial score (nSPS) is 19.2. The monoisotopic (exact) mass is 1300 g/mol. The second-order valence-corrected chi connectivity index (χ2v) is 28.4. The van der Waals surface area contributed by atoms with Gasteiger partial charge in [-0.05, 0) is 137 Å². The van der Waals surface area contributed by atoms with Gasteiger partial charge < -0.3 is 21.7 Å². The van der Waals surface area contributed by atoms with Gasteiger partial charge in [0.25, 0.3) is 0 Å². The maximum atomic E-state index is 14.3. The quantitative estimate of drug-likeness (QED) is 0.0679. The van der Waals surface area contributed by atoms with Crippen LogP contribution in [-0.4, -0.2) is 62.2 Å². The molecule has 0 aliphatic carbocycles. The molecule has 8 aromatic carbocycles. The molecule has 16 nitrogen and oxygen atoms in total. The second-order valence-electron chi connectivity index (χ2n) is 22.2. The number of para-hydroxylation sites is 4. The maximum absolute atomic E-state index is 14.3. The molecule has 8 bridgehead atoms. The van der Waals surface area contributed by atoms with Gasteiger partial charge in [0, 0.05) is 55.2 Å². The molecule has 460 valence electrons. The predicted molar refractivity (Wildman–Crippen MR) is 354 cm³/mol. The second kappa shape index (κ2) is 24.2. The van der Waals surface area contributed by atoms with E-state index in [2.05, 4.69) is 10.3 Å². The van der Waals surface area contributed by atoms with E-state index in [0.717, 1.165) is 22.3 Å². The largest absolute Gasteiger partial charge is 0.378 e. The zero-order chi connectivity index (χ0) is 64.1. The Morgan fingerprint density at radius 2 is 0.598 bits per heavy atom. The standard InChI is InChI=1S/C72H56N4O12S4/c1-45-21-29-49(30-22-45)89(77,78)85-65-17-9-5-13-53(65)69-57-37-39-59(73-57)70(54-14-6-10-18-66(54)86-90(79,80)50-31-23-46(2)24-32-50)61-41-43-63(75-61)72(56-16-8-12-20-68(56)88-92(83,84)52-35-27-48(4)28-36-52)64-44-42-62(76-64)71(60-40-38-58(69)74-60)55-15-7-11-19-67(55)87-91(81,82)51-33-25-47(3)26-34-51/h5-44,57,59,73,76H,1-4H3/b69-58-,70-61-,71-62-,72-64-. The van der Waals surface area contributed by atoms with Gasteiger partial charge in [-0.3, -0.25) is 5.32 Å². The van der Waals surface area contributed by atoms with Crippen molar-refractivity contribution in [1.82, 2.24) is 10.3 Å². The summed E-state index contributed by atoms with van der Waals surface area (Å²) in [6.07, 6.45) is 10.8. The van der Waals surface area contributed by atoms with Gasteiger partial charge in [0.1, 0.15) is 19.6 Å². The summed E-state index contributed by atoms with van der Waals surface area (Å²) < 4.78 is 139. The molecule has 0 fully saturated rings. The fraction of sp³-hybridized carbons (Fsp3) is 0.0833. The van der Waals surface area contributed by atoms with E-state index in [1.165, 1.54) is 60.7 Å². The third kappa shape index (κ3) is 12.2. The summed E-state index contributed by atoms with van der Waals surface area (Å²) in [5.74, 6) is -0.137. The van der Waals surface area contributed by atoms with Crippen molar-refractivity contribution < 1.29 is 50.4 Å². The summed E-state index contributed by atoms with van der Waals surface area (Å²) in [5, 5.41) is 4.52. The van der Waals surface area contributed by atoms with E-state index >= 15 is 0 Å². The Kier molecular flexibility index (Phi) is 16.0. The number of aromatic amines is 1. The minimum atomic E-state index is -4.46. The van der Waals surface area contributed by atoms with Gasteiger partial charge in [-0.2, -0.15) is 33.7 Å². The van der Waals surface area contributed by atoms with Crippen LogP contribution < -0.4 is 32.7 Å². The molecule has 0 spiro atoms. The number of fused-ring (bicyclic) bond motifs is 6. The first-order valence-corrected chi connectivity index (χ1v) is 34.6. The highest BCUT2D eigenvalue weighted by Crippen LogP contribution is 2.43. The Balaban J connectivity index is 1.09. The lowest BCUT2D eigenvalue weighted by atomic mass is 9.95. The van der Waals surface area contributed by atoms with Crippen LogP contribution in [0.4, 0.5) is 0 Å². The van der Waals surface area contributed by atoms with Gasteiger partial charge in [0.05, 0.1) is 34.9 Å². The highest BCUT2D eigenvalue weighted by molar-refractivity contribution is 7.88. The van der Waals surface area contributed by atoms with E-state index in [1.807, 2.05) is 39.8 Å². The van der Waals surface area contributed by atoms with E-state index in [-0.39, 0.29) is 42.6 Å². The molecule has 0 radical (unpaired) electrons. The number of benzene rings is 8. The van der Waals surface area contributed by atoms with Crippen LogP contribution in [0.1, 0.15) is 44.5 Å². The Hall–Kier alpha value is -10.2. The van der Waals surface area contributed by atoms with Gasteiger partial charge >= 0.3 is 40.5 Å². The van der Waals surface area contributed by atoms with Crippen molar-refractivity contribution in [3.8, 4) is 23.0 Å². The molecule has 2 atom stereocenters. The highest BCUT2D eigenvalue weighted by Gasteiger charge is 2.35. The first-order valence-electron chi connectivity index (χ1n) is 29.0. The smallest absolute Gasteiger partial charge is 0.339 e. The van der Waals surface area contributed by atoms with Crippen molar-refractivity contribution in [3.05, 3.63) is 309 Å². The van der Waals surface area contributed by atoms with Gasteiger partial charge in [0.15, 0.2) is 23.0 Å². The molecule has 9 aromatic rings. The van der Waals surface area contributed by atoms with Gasteiger partial charge in [0.2, 0.25) is 0 Å².